The van der Waals surface area contributed by atoms with Gasteiger partial charge in [-0.3, -0.25) is 9.78 Å². The molecular formula is C10H14N2O4S. The maximum absolute atomic E-state index is 11.7. The normalized spacial score (nSPS) is 13.1. The van der Waals surface area contributed by atoms with Crippen molar-refractivity contribution in [2.45, 2.75) is 13.0 Å². The van der Waals surface area contributed by atoms with Crippen molar-refractivity contribution in [3.8, 4) is 5.75 Å². The maximum atomic E-state index is 11.7. The second-order valence-corrected chi connectivity index (χ2v) is 6.04. The molecule has 1 aromatic rings. The van der Waals surface area contributed by atoms with Crippen LogP contribution in [-0.4, -0.2) is 42.5 Å². The molecule has 0 aliphatic rings. The standard InChI is InChI=1S/C10H14N2O4S/c1-7(6-17(2,15)16)12-10(14)8-3-4-11-5-9(8)13/h3-5,7,13H,6H2,1-2H3,(H,12,14). The lowest BCUT2D eigenvalue weighted by Crippen LogP contribution is -2.37. The second kappa shape index (κ2) is 5.13. The first-order chi connectivity index (χ1) is 7.79. The van der Waals surface area contributed by atoms with Gasteiger partial charge in [0, 0.05) is 18.5 Å². The molecule has 1 atom stereocenters. The number of carbonyl (C=O) groups excluding carboxylic acids is 1. The first-order valence-electron chi connectivity index (χ1n) is 4.91. The number of hydrogen-bond acceptors (Lipinski definition) is 5. The van der Waals surface area contributed by atoms with E-state index in [1.807, 2.05) is 0 Å². The molecule has 1 heterocycles. The van der Waals surface area contributed by atoms with E-state index in [2.05, 4.69) is 10.3 Å². The highest BCUT2D eigenvalue weighted by atomic mass is 32.2. The van der Waals surface area contributed by atoms with E-state index in [1.54, 1.807) is 6.92 Å². The Morgan fingerprint density at radius 3 is 2.76 bits per heavy atom. The number of amides is 1. The van der Waals surface area contributed by atoms with Crippen LogP contribution in [0.2, 0.25) is 0 Å². The Bertz CT molecular complexity index is 513. The smallest absolute Gasteiger partial charge is 0.255 e. The summed E-state index contributed by atoms with van der Waals surface area (Å²) in [6.07, 6.45) is 3.62. The van der Waals surface area contributed by atoms with Gasteiger partial charge in [0.05, 0.1) is 17.5 Å². The van der Waals surface area contributed by atoms with Crippen molar-refractivity contribution >= 4 is 15.7 Å². The van der Waals surface area contributed by atoms with Crippen LogP contribution in [0, 0.1) is 0 Å². The average Bonchev–Trinajstić information content (AvgIpc) is 2.14. The second-order valence-electron chi connectivity index (χ2n) is 3.86. The minimum atomic E-state index is -3.15. The van der Waals surface area contributed by atoms with Gasteiger partial charge in [-0.1, -0.05) is 0 Å². The first kappa shape index (κ1) is 13.4. The van der Waals surface area contributed by atoms with Gasteiger partial charge in [-0.05, 0) is 13.0 Å². The zero-order valence-corrected chi connectivity index (χ0v) is 10.4. The van der Waals surface area contributed by atoms with Crippen LogP contribution in [0.3, 0.4) is 0 Å². The third kappa shape index (κ3) is 4.39. The van der Waals surface area contributed by atoms with E-state index in [1.165, 1.54) is 12.3 Å². The molecule has 2 N–H and O–H groups in total. The number of rotatable bonds is 4. The van der Waals surface area contributed by atoms with Gasteiger partial charge in [-0.25, -0.2) is 8.42 Å². The van der Waals surface area contributed by atoms with Crippen molar-refractivity contribution < 1.29 is 18.3 Å². The van der Waals surface area contributed by atoms with Crippen LogP contribution >= 0.6 is 0 Å². The fourth-order valence-electron chi connectivity index (χ4n) is 1.38. The maximum Gasteiger partial charge on any atom is 0.255 e. The Labute approximate surface area is 99.6 Å². The molecular weight excluding hydrogens is 244 g/mol. The Balaban J connectivity index is 2.71. The number of nitrogens with one attached hydrogen (secondary N) is 1. The highest BCUT2D eigenvalue weighted by Crippen LogP contribution is 2.13. The van der Waals surface area contributed by atoms with E-state index in [9.17, 15) is 18.3 Å². The molecule has 6 nitrogen and oxygen atoms in total. The van der Waals surface area contributed by atoms with Crippen molar-refractivity contribution in [1.29, 1.82) is 0 Å². The Morgan fingerprint density at radius 1 is 1.59 bits per heavy atom. The van der Waals surface area contributed by atoms with Gasteiger partial charge in [-0.15, -0.1) is 0 Å². The summed E-state index contributed by atoms with van der Waals surface area (Å²) in [4.78, 5) is 15.3. The fraction of sp³-hybridized carbons (Fsp3) is 0.400. The molecule has 0 saturated heterocycles. The first-order valence-corrected chi connectivity index (χ1v) is 6.97. The molecule has 0 bridgehead atoms. The van der Waals surface area contributed by atoms with E-state index in [0.717, 1.165) is 12.5 Å². The summed E-state index contributed by atoms with van der Waals surface area (Å²) in [7, 11) is -3.15. The van der Waals surface area contributed by atoms with Gasteiger partial charge in [0.15, 0.2) is 0 Å². The molecule has 0 aliphatic carbocycles. The van der Waals surface area contributed by atoms with Gasteiger partial charge < -0.3 is 10.4 Å². The van der Waals surface area contributed by atoms with E-state index < -0.39 is 21.8 Å². The lowest BCUT2D eigenvalue weighted by atomic mass is 10.2. The molecule has 1 aromatic heterocycles. The van der Waals surface area contributed by atoms with E-state index in [-0.39, 0.29) is 17.1 Å². The summed E-state index contributed by atoms with van der Waals surface area (Å²) in [6, 6.07) is 0.836. The number of nitrogens with zero attached hydrogens (tertiary/aromatic N) is 1. The Kier molecular flexibility index (Phi) is 4.06. The van der Waals surface area contributed by atoms with Crippen LogP contribution in [0.5, 0.6) is 5.75 Å². The number of hydrogen-bond donors (Lipinski definition) is 2. The van der Waals surface area contributed by atoms with Crippen molar-refractivity contribution in [3.05, 3.63) is 24.0 Å². The summed E-state index contributed by atoms with van der Waals surface area (Å²) < 4.78 is 22.0. The van der Waals surface area contributed by atoms with Crippen molar-refractivity contribution in [1.82, 2.24) is 10.3 Å². The molecule has 0 aromatic carbocycles. The third-order valence-corrected chi connectivity index (χ3v) is 3.08. The van der Waals surface area contributed by atoms with E-state index in [0.29, 0.717) is 0 Å². The van der Waals surface area contributed by atoms with Crippen LogP contribution in [0.15, 0.2) is 18.5 Å². The van der Waals surface area contributed by atoms with Gasteiger partial charge in [-0.2, -0.15) is 0 Å². The SMILES string of the molecule is CC(CS(C)(=O)=O)NC(=O)c1ccncc1O. The number of carbonyl (C=O) groups is 1. The highest BCUT2D eigenvalue weighted by Gasteiger charge is 2.16. The number of sulfone groups is 1. The Hall–Kier alpha value is -1.63. The minimum absolute atomic E-state index is 0.0698. The summed E-state index contributed by atoms with van der Waals surface area (Å²) in [5, 5.41) is 11.9. The monoisotopic (exact) mass is 258 g/mol. The molecule has 0 spiro atoms. The van der Waals surface area contributed by atoms with Crippen molar-refractivity contribution in [2.75, 3.05) is 12.0 Å². The third-order valence-electron chi connectivity index (χ3n) is 1.97. The molecule has 0 fully saturated rings. The molecule has 0 saturated carbocycles. The van der Waals surface area contributed by atoms with E-state index >= 15 is 0 Å². The zero-order valence-electron chi connectivity index (χ0n) is 9.54. The molecule has 1 unspecified atom stereocenters. The zero-order chi connectivity index (χ0) is 13.1. The quantitative estimate of drug-likeness (QED) is 0.789. The van der Waals surface area contributed by atoms with Crippen molar-refractivity contribution in [2.24, 2.45) is 0 Å². The number of pyridine rings is 1. The van der Waals surface area contributed by atoms with Crippen molar-refractivity contribution in [3.63, 3.8) is 0 Å². The summed E-state index contributed by atoms with van der Waals surface area (Å²) in [6.45, 7) is 1.58. The van der Waals surface area contributed by atoms with Gasteiger partial charge in [0.1, 0.15) is 15.6 Å². The van der Waals surface area contributed by atoms with Crippen LogP contribution in [0.1, 0.15) is 17.3 Å². The fourth-order valence-corrected chi connectivity index (χ4v) is 2.37. The molecule has 1 rings (SSSR count). The van der Waals surface area contributed by atoms with Crippen LogP contribution < -0.4 is 5.32 Å². The molecule has 0 radical (unpaired) electrons. The summed E-state index contributed by atoms with van der Waals surface area (Å²) >= 11 is 0. The molecule has 0 aliphatic heterocycles. The molecule has 17 heavy (non-hydrogen) atoms. The number of aromatic nitrogens is 1. The largest absolute Gasteiger partial charge is 0.505 e. The Morgan fingerprint density at radius 2 is 2.24 bits per heavy atom. The van der Waals surface area contributed by atoms with Crippen LogP contribution in [0.25, 0.3) is 0 Å². The van der Waals surface area contributed by atoms with E-state index in [4.69, 9.17) is 0 Å². The van der Waals surface area contributed by atoms with Gasteiger partial charge >= 0.3 is 0 Å². The van der Waals surface area contributed by atoms with Crippen LogP contribution in [-0.2, 0) is 9.84 Å². The predicted molar refractivity (Wildman–Crippen MR) is 62.5 cm³/mol. The topological polar surface area (TPSA) is 96.4 Å². The minimum Gasteiger partial charge on any atom is -0.505 e. The average molecular weight is 258 g/mol. The molecule has 94 valence electrons. The number of aromatic hydroxyl groups is 1. The molecule has 7 heteroatoms. The summed E-state index contributed by atoms with van der Waals surface area (Å²) in [5.41, 5.74) is 0.0698. The van der Waals surface area contributed by atoms with Crippen LogP contribution in [0.4, 0.5) is 0 Å². The molecule has 1 amide bonds. The highest BCUT2D eigenvalue weighted by molar-refractivity contribution is 7.90. The lowest BCUT2D eigenvalue weighted by molar-refractivity contribution is 0.0941. The summed E-state index contributed by atoms with van der Waals surface area (Å²) in [5.74, 6) is -0.914. The predicted octanol–water partition coefficient (Wildman–Crippen LogP) is -0.0499. The van der Waals surface area contributed by atoms with Gasteiger partial charge in [0.25, 0.3) is 5.91 Å². The van der Waals surface area contributed by atoms with Gasteiger partial charge in [0.2, 0.25) is 0 Å². The lowest BCUT2D eigenvalue weighted by Gasteiger charge is -2.13.